The van der Waals surface area contributed by atoms with Gasteiger partial charge in [-0.25, -0.2) is 0 Å². The van der Waals surface area contributed by atoms with Crippen molar-refractivity contribution in [1.82, 2.24) is 4.98 Å². The van der Waals surface area contributed by atoms with Crippen LogP contribution in [0.1, 0.15) is 11.6 Å². The van der Waals surface area contributed by atoms with Crippen LogP contribution >= 0.6 is 0 Å². The second-order valence-electron chi connectivity index (χ2n) is 3.85. The van der Waals surface area contributed by atoms with Gasteiger partial charge in [0.25, 0.3) is 0 Å². The lowest BCUT2D eigenvalue weighted by molar-refractivity contribution is 0.273. The van der Waals surface area contributed by atoms with Crippen LogP contribution in [0.25, 0.3) is 0 Å². The molecule has 0 saturated carbocycles. The maximum absolute atomic E-state index is 6.03. The number of nitrogens with zero attached hydrogens (tertiary/aromatic N) is 1. The van der Waals surface area contributed by atoms with Crippen LogP contribution in [0, 0.1) is 0 Å². The first-order valence-electron chi connectivity index (χ1n) is 5.72. The molecule has 94 valence electrons. The molecule has 2 N–H and O–H groups in total. The summed E-state index contributed by atoms with van der Waals surface area (Å²) in [5.41, 5.74) is 6.98. The highest BCUT2D eigenvalue weighted by atomic mass is 16.5. The van der Waals surface area contributed by atoms with Crippen LogP contribution in [0.3, 0.4) is 0 Å². The summed E-state index contributed by atoms with van der Waals surface area (Å²) in [5.74, 6) is 1.40. The molecule has 0 aliphatic carbocycles. The fourth-order valence-corrected chi connectivity index (χ4v) is 1.61. The number of para-hydroxylation sites is 2. The molecule has 2 rings (SSSR count). The Bertz CT molecular complexity index is 488. The molecule has 0 spiro atoms. The highest BCUT2D eigenvalue weighted by Crippen LogP contribution is 2.26. The van der Waals surface area contributed by atoms with Gasteiger partial charge in [-0.15, -0.1) is 0 Å². The zero-order valence-electron chi connectivity index (χ0n) is 10.2. The second kappa shape index (κ2) is 6.02. The second-order valence-corrected chi connectivity index (χ2v) is 3.85. The molecular weight excluding hydrogens is 228 g/mol. The Kier molecular flexibility index (Phi) is 4.15. The monoisotopic (exact) mass is 244 g/mol. The molecule has 0 bridgehead atoms. The minimum absolute atomic E-state index is 0.205. The number of methoxy groups -OCH3 is 1. The van der Waals surface area contributed by atoms with Gasteiger partial charge < -0.3 is 15.2 Å². The fourth-order valence-electron chi connectivity index (χ4n) is 1.61. The normalized spacial score (nSPS) is 11.9. The number of nitrogens with two attached hydrogens (primary N) is 1. The van der Waals surface area contributed by atoms with E-state index in [1.807, 2.05) is 36.4 Å². The number of benzene rings is 1. The molecule has 1 aromatic heterocycles. The van der Waals surface area contributed by atoms with Crippen LogP contribution in [-0.2, 0) is 0 Å². The molecule has 1 atom stereocenters. The van der Waals surface area contributed by atoms with Crippen LogP contribution in [-0.4, -0.2) is 18.7 Å². The Morgan fingerprint density at radius 2 is 1.94 bits per heavy atom. The molecule has 4 nitrogen and oxygen atoms in total. The maximum atomic E-state index is 6.03. The lowest BCUT2D eigenvalue weighted by Gasteiger charge is -2.14. The Morgan fingerprint density at radius 1 is 1.17 bits per heavy atom. The smallest absolute Gasteiger partial charge is 0.161 e. The lowest BCUT2D eigenvalue weighted by atomic mass is 10.1. The van der Waals surface area contributed by atoms with Crippen LogP contribution in [0.2, 0.25) is 0 Å². The fraction of sp³-hybridized carbons (Fsp3) is 0.214. The zero-order valence-corrected chi connectivity index (χ0v) is 10.2. The van der Waals surface area contributed by atoms with Gasteiger partial charge in [-0.3, -0.25) is 4.98 Å². The minimum Gasteiger partial charge on any atom is -0.493 e. The summed E-state index contributed by atoms with van der Waals surface area (Å²) in [5, 5.41) is 0. The molecule has 1 aromatic carbocycles. The van der Waals surface area contributed by atoms with Gasteiger partial charge in [0.1, 0.15) is 6.61 Å². The van der Waals surface area contributed by atoms with Crippen molar-refractivity contribution < 1.29 is 9.47 Å². The molecule has 0 radical (unpaired) electrons. The summed E-state index contributed by atoms with van der Waals surface area (Å²) < 4.78 is 10.9. The van der Waals surface area contributed by atoms with Crippen LogP contribution in [0.15, 0.2) is 48.8 Å². The Hall–Kier alpha value is -2.07. The molecule has 2 aromatic rings. The molecule has 0 amide bonds. The molecule has 1 heterocycles. The third-order valence-corrected chi connectivity index (χ3v) is 2.60. The van der Waals surface area contributed by atoms with Gasteiger partial charge in [0, 0.05) is 12.4 Å². The Balaban J connectivity index is 1.99. The maximum Gasteiger partial charge on any atom is 0.161 e. The van der Waals surface area contributed by atoms with Gasteiger partial charge in [-0.2, -0.15) is 0 Å². The number of ether oxygens (including phenoxy) is 2. The van der Waals surface area contributed by atoms with Crippen LogP contribution in [0.5, 0.6) is 11.5 Å². The van der Waals surface area contributed by atoms with Crippen molar-refractivity contribution in [3.8, 4) is 11.5 Å². The van der Waals surface area contributed by atoms with Crippen molar-refractivity contribution >= 4 is 0 Å². The SMILES string of the molecule is COc1ccccc1OCC(N)c1cccnc1. The first-order valence-corrected chi connectivity index (χ1v) is 5.72. The van der Waals surface area contributed by atoms with Gasteiger partial charge in [0.15, 0.2) is 11.5 Å². The van der Waals surface area contributed by atoms with Crippen molar-refractivity contribution in [1.29, 1.82) is 0 Å². The summed E-state index contributed by atoms with van der Waals surface area (Å²) in [4.78, 5) is 4.03. The number of pyridine rings is 1. The molecule has 1 unspecified atom stereocenters. The van der Waals surface area contributed by atoms with E-state index in [4.69, 9.17) is 15.2 Å². The predicted molar refractivity (Wildman–Crippen MR) is 69.7 cm³/mol. The largest absolute Gasteiger partial charge is 0.493 e. The summed E-state index contributed by atoms with van der Waals surface area (Å²) in [6.07, 6.45) is 3.47. The van der Waals surface area contributed by atoms with E-state index in [1.54, 1.807) is 19.5 Å². The van der Waals surface area contributed by atoms with Gasteiger partial charge >= 0.3 is 0 Å². The van der Waals surface area contributed by atoms with E-state index < -0.39 is 0 Å². The van der Waals surface area contributed by atoms with Crippen molar-refractivity contribution in [2.24, 2.45) is 5.73 Å². The molecule has 0 saturated heterocycles. The topological polar surface area (TPSA) is 57.4 Å². The number of aromatic nitrogens is 1. The van der Waals surface area contributed by atoms with Crippen molar-refractivity contribution in [2.45, 2.75) is 6.04 Å². The highest BCUT2D eigenvalue weighted by Gasteiger charge is 2.08. The number of hydrogen-bond donors (Lipinski definition) is 1. The average molecular weight is 244 g/mol. The minimum atomic E-state index is -0.205. The quantitative estimate of drug-likeness (QED) is 0.875. The van der Waals surface area contributed by atoms with Gasteiger partial charge in [-0.1, -0.05) is 18.2 Å². The van der Waals surface area contributed by atoms with Crippen molar-refractivity contribution in [3.05, 3.63) is 54.4 Å². The van der Waals surface area contributed by atoms with Crippen molar-refractivity contribution in [2.75, 3.05) is 13.7 Å². The first kappa shape index (κ1) is 12.4. The number of hydrogen-bond acceptors (Lipinski definition) is 4. The summed E-state index contributed by atoms with van der Waals surface area (Å²) in [6.45, 7) is 0.381. The average Bonchev–Trinajstić information content (AvgIpc) is 2.46. The van der Waals surface area contributed by atoms with E-state index in [9.17, 15) is 0 Å². The molecule has 0 fully saturated rings. The summed E-state index contributed by atoms with van der Waals surface area (Å²) in [6, 6.07) is 11.1. The van der Waals surface area contributed by atoms with E-state index in [0.29, 0.717) is 18.1 Å². The highest BCUT2D eigenvalue weighted by molar-refractivity contribution is 5.39. The van der Waals surface area contributed by atoms with E-state index in [1.165, 1.54) is 0 Å². The predicted octanol–water partition coefficient (Wildman–Crippen LogP) is 2.17. The Labute approximate surface area is 106 Å². The third-order valence-electron chi connectivity index (χ3n) is 2.60. The number of rotatable bonds is 5. The third kappa shape index (κ3) is 2.99. The van der Waals surface area contributed by atoms with Crippen LogP contribution < -0.4 is 15.2 Å². The van der Waals surface area contributed by atoms with Crippen molar-refractivity contribution in [3.63, 3.8) is 0 Å². The zero-order chi connectivity index (χ0) is 12.8. The van der Waals surface area contributed by atoms with E-state index in [-0.39, 0.29) is 6.04 Å². The standard InChI is InChI=1S/C14H16N2O2/c1-17-13-6-2-3-7-14(13)18-10-12(15)11-5-4-8-16-9-11/h2-9,12H,10,15H2,1H3. The lowest BCUT2D eigenvalue weighted by Crippen LogP contribution is -2.19. The van der Waals surface area contributed by atoms with Gasteiger partial charge in [-0.05, 0) is 23.8 Å². The van der Waals surface area contributed by atoms with Gasteiger partial charge in [0.05, 0.1) is 13.2 Å². The van der Waals surface area contributed by atoms with E-state index in [0.717, 1.165) is 5.56 Å². The summed E-state index contributed by atoms with van der Waals surface area (Å²) in [7, 11) is 1.61. The summed E-state index contributed by atoms with van der Waals surface area (Å²) >= 11 is 0. The first-order chi connectivity index (χ1) is 8.81. The van der Waals surface area contributed by atoms with Gasteiger partial charge in [0.2, 0.25) is 0 Å². The molecule has 18 heavy (non-hydrogen) atoms. The molecular formula is C14H16N2O2. The van der Waals surface area contributed by atoms with Crippen LogP contribution in [0.4, 0.5) is 0 Å². The van der Waals surface area contributed by atoms with E-state index in [2.05, 4.69) is 4.98 Å². The Morgan fingerprint density at radius 3 is 2.61 bits per heavy atom. The van der Waals surface area contributed by atoms with E-state index >= 15 is 0 Å². The molecule has 0 aliphatic heterocycles. The molecule has 4 heteroatoms. The molecule has 0 aliphatic rings.